The number of aryl methyl sites for hydroxylation is 1. The van der Waals surface area contributed by atoms with Crippen LogP contribution in [0.2, 0.25) is 0 Å². The molecule has 14 heavy (non-hydrogen) atoms. The van der Waals surface area contributed by atoms with Gasteiger partial charge in [-0.25, -0.2) is 0 Å². The summed E-state index contributed by atoms with van der Waals surface area (Å²) in [5, 5.41) is 3.62. The van der Waals surface area contributed by atoms with E-state index in [1.54, 1.807) is 0 Å². The van der Waals surface area contributed by atoms with E-state index in [0.717, 1.165) is 18.5 Å². The maximum absolute atomic E-state index is 5.61. The van der Waals surface area contributed by atoms with Gasteiger partial charge in [0.15, 0.2) is 0 Å². The van der Waals surface area contributed by atoms with Crippen molar-refractivity contribution in [3.05, 3.63) is 29.3 Å². The molecule has 2 aliphatic rings. The quantitative estimate of drug-likeness (QED) is 0.658. The van der Waals surface area contributed by atoms with Crippen LogP contribution in [0.1, 0.15) is 30.1 Å². The lowest BCUT2D eigenvalue weighted by molar-refractivity contribution is 0.170. The number of hydrogen-bond donors (Lipinski definition) is 1. The Morgan fingerprint density at radius 2 is 2.36 bits per heavy atom. The van der Waals surface area contributed by atoms with Crippen LogP contribution in [0.15, 0.2) is 18.2 Å². The SMILES string of the molecule is S=C1Nc2cccc3c2C(CCC3)O1. The molecule has 0 radical (unpaired) electrons. The van der Waals surface area contributed by atoms with E-state index in [9.17, 15) is 0 Å². The highest BCUT2D eigenvalue weighted by Crippen LogP contribution is 2.40. The van der Waals surface area contributed by atoms with Crippen molar-refractivity contribution in [1.29, 1.82) is 0 Å². The van der Waals surface area contributed by atoms with Gasteiger partial charge >= 0.3 is 0 Å². The highest BCUT2D eigenvalue weighted by molar-refractivity contribution is 7.80. The molecule has 0 spiro atoms. The third-order valence-electron chi connectivity index (χ3n) is 2.92. The van der Waals surface area contributed by atoms with Crippen LogP contribution in [-0.4, -0.2) is 5.17 Å². The second-order valence-electron chi connectivity index (χ2n) is 3.79. The molecular formula is C11H11NOS. The molecule has 72 valence electrons. The van der Waals surface area contributed by atoms with Crippen LogP contribution in [0.4, 0.5) is 5.69 Å². The number of benzene rings is 1. The van der Waals surface area contributed by atoms with Crippen LogP contribution in [0.3, 0.4) is 0 Å². The summed E-state index contributed by atoms with van der Waals surface area (Å²) >= 11 is 5.06. The van der Waals surface area contributed by atoms with Gasteiger partial charge < -0.3 is 10.1 Å². The van der Waals surface area contributed by atoms with Crippen LogP contribution in [0, 0.1) is 0 Å². The lowest BCUT2D eigenvalue weighted by Crippen LogP contribution is -2.27. The molecule has 1 N–H and O–H groups in total. The van der Waals surface area contributed by atoms with E-state index in [1.807, 2.05) is 0 Å². The number of hydrogen-bond acceptors (Lipinski definition) is 2. The number of anilines is 1. The Kier molecular flexibility index (Phi) is 1.74. The van der Waals surface area contributed by atoms with Crippen LogP contribution in [0.5, 0.6) is 0 Å². The van der Waals surface area contributed by atoms with Crippen LogP contribution < -0.4 is 5.32 Å². The zero-order chi connectivity index (χ0) is 9.54. The van der Waals surface area contributed by atoms with Gasteiger partial charge in [0.25, 0.3) is 5.17 Å². The van der Waals surface area contributed by atoms with E-state index in [2.05, 4.69) is 23.5 Å². The fraction of sp³-hybridized carbons (Fsp3) is 0.364. The lowest BCUT2D eigenvalue weighted by atomic mass is 9.87. The molecule has 1 atom stereocenters. The Labute approximate surface area is 88.3 Å². The van der Waals surface area contributed by atoms with Crippen molar-refractivity contribution in [3.8, 4) is 0 Å². The largest absolute Gasteiger partial charge is 0.463 e. The van der Waals surface area contributed by atoms with E-state index in [0.29, 0.717) is 5.17 Å². The predicted molar refractivity (Wildman–Crippen MR) is 59.4 cm³/mol. The van der Waals surface area contributed by atoms with Crippen molar-refractivity contribution in [2.75, 3.05) is 5.32 Å². The van der Waals surface area contributed by atoms with E-state index in [1.165, 1.54) is 17.5 Å². The monoisotopic (exact) mass is 205 g/mol. The molecular weight excluding hydrogens is 194 g/mol. The molecule has 1 aliphatic heterocycles. The standard InChI is InChI=1S/C11H11NOS/c14-11-12-8-5-1-3-7-4-2-6-9(13-11)10(7)8/h1,3,5,9H,2,4,6H2,(H,12,14). The Morgan fingerprint density at radius 1 is 1.43 bits per heavy atom. The van der Waals surface area contributed by atoms with Crippen molar-refractivity contribution in [2.45, 2.75) is 25.4 Å². The normalized spacial score (nSPS) is 23.4. The third kappa shape index (κ3) is 1.12. The Hall–Kier alpha value is -1.09. The second-order valence-corrected chi connectivity index (χ2v) is 4.16. The fourth-order valence-electron chi connectivity index (χ4n) is 2.33. The van der Waals surface area contributed by atoms with E-state index < -0.39 is 0 Å². The molecule has 0 fully saturated rings. The van der Waals surface area contributed by atoms with Gasteiger partial charge in [0.2, 0.25) is 0 Å². The summed E-state index contributed by atoms with van der Waals surface area (Å²) in [5.41, 5.74) is 3.88. The van der Waals surface area contributed by atoms with Crippen molar-refractivity contribution in [2.24, 2.45) is 0 Å². The van der Waals surface area contributed by atoms with Gasteiger partial charge in [-0.05, 0) is 43.1 Å². The molecule has 3 rings (SSSR count). The predicted octanol–water partition coefficient (Wildman–Crippen LogP) is 2.79. The first-order valence-corrected chi connectivity index (χ1v) is 5.35. The fourth-order valence-corrected chi connectivity index (χ4v) is 2.56. The number of rotatable bonds is 0. The van der Waals surface area contributed by atoms with Crippen molar-refractivity contribution in [1.82, 2.24) is 0 Å². The average molecular weight is 205 g/mol. The molecule has 3 heteroatoms. The third-order valence-corrected chi connectivity index (χ3v) is 3.12. The van der Waals surface area contributed by atoms with Crippen molar-refractivity contribution in [3.63, 3.8) is 0 Å². The molecule has 0 saturated heterocycles. The highest BCUT2D eigenvalue weighted by atomic mass is 32.1. The minimum atomic E-state index is 0.198. The van der Waals surface area contributed by atoms with Gasteiger partial charge in [-0.15, -0.1) is 0 Å². The van der Waals surface area contributed by atoms with Gasteiger partial charge in [-0.1, -0.05) is 12.1 Å². The Balaban J connectivity index is 2.18. The van der Waals surface area contributed by atoms with Gasteiger partial charge in [0.05, 0.1) is 0 Å². The molecule has 1 aromatic rings. The van der Waals surface area contributed by atoms with Crippen molar-refractivity contribution >= 4 is 23.1 Å². The van der Waals surface area contributed by atoms with Crippen LogP contribution in [0.25, 0.3) is 0 Å². The highest BCUT2D eigenvalue weighted by Gasteiger charge is 2.29. The van der Waals surface area contributed by atoms with Gasteiger partial charge in [0, 0.05) is 11.3 Å². The number of nitrogens with one attached hydrogen (secondary N) is 1. The summed E-state index contributed by atoms with van der Waals surface area (Å²) in [6.45, 7) is 0. The van der Waals surface area contributed by atoms with Gasteiger partial charge in [0.1, 0.15) is 6.10 Å². The Bertz CT molecular complexity index is 402. The number of thiocarbonyl (C=S) groups is 1. The van der Waals surface area contributed by atoms with Gasteiger partial charge in [-0.2, -0.15) is 0 Å². The summed E-state index contributed by atoms with van der Waals surface area (Å²) < 4.78 is 5.61. The van der Waals surface area contributed by atoms with E-state index >= 15 is 0 Å². The summed E-state index contributed by atoms with van der Waals surface area (Å²) in [7, 11) is 0. The minimum absolute atomic E-state index is 0.198. The molecule has 1 aromatic carbocycles. The second kappa shape index (κ2) is 2.95. The minimum Gasteiger partial charge on any atom is -0.463 e. The van der Waals surface area contributed by atoms with Crippen LogP contribution >= 0.6 is 12.2 Å². The average Bonchev–Trinajstić information content (AvgIpc) is 2.18. The molecule has 0 amide bonds. The number of ether oxygens (including phenoxy) is 1. The molecule has 1 aliphatic carbocycles. The molecule has 1 heterocycles. The maximum atomic E-state index is 5.61. The van der Waals surface area contributed by atoms with Crippen LogP contribution in [-0.2, 0) is 11.2 Å². The molecule has 0 saturated carbocycles. The van der Waals surface area contributed by atoms with E-state index in [-0.39, 0.29) is 6.10 Å². The first kappa shape index (κ1) is 8.24. The molecule has 2 nitrogen and oxygen atoms in total. The van der Waals surface area contributed by atoms with Crippen molar-refractivity contribution < 1.29 is 4.74 Å². The van der Waals surface area contributed by atoms with E-state index in [4.69, 9.17) is 17.0 Å². The zero-order valence-corrected chi connectivity index (χ0v) is 8.56. The lowest BCUT2D eigenvalue weighted by Gasteiger charge is -2.33. The summed E-state index contributed by atoms with van der Waals surface area (Å²) in [6.07, 6.45) is 3.65. The first-order chi connectivity index (χ1) is 6.84. The summed E-state index contributed by atoms with van der Waals surface area (Å²) in [5.74, 6) is 0. The molecule has 1 unspecified atom stereocenters. The maximum Gasteiger partial charge on any atom is 0.261 e. The molecule has 0 bridgehead atoms. The molecule has 0 aromatic heterocycles. The zero-order valence-electron chi connectivity index (χ0n) is 7.75. The summed E-state index contributed by atoms with van der Waals surface area (Å²) in [4.78, 5) is 0. The smallest absolute Gasteiger partial charge is 0.261 e. The first-order valence-electron chi connectivity index (χ1n) is 4.94. The summed E-state index contributed by atoms with van der Waals surface area (Å²) in [6, 6.07) is 6.34. The van der Waals surface area contributed by atoms with Gasteiger partial charge in [-0.3, -0.25) is 0 Å². The Morgan fingerprint density at radius 3 is 3.29 bits per heavy atom. The topological polar surface area (TPSA) is 21.3 Å².